The van der Waals surface area contributed by atoms with Gasteiger partial charge >= 0.3 is 0 Å². The lowest BCUT2D eigenvalue weighted by molar-refractivity contribution is 0.552. The number of halogens is 2. The molecule has 1 aromatic rings. The molecule has 1 heterocycles. The van der Waals surface area contributed by atoms with E-state index in [1.54, 1.807) is 12.1 Å². The highest BCUT2D eigenvalue weighted by Gasteiger charge is 2.31. The van der Waals surface area contributed by atoms with E-state index < -0.39 is 10.0 Å². The minimum Gasteiger partial charge on any atom is -0.210 e. The van der Waals surface area contributed by atoms with Gasteiger partial charge in [-0.15, -0.1) is 0 Å². The Balaban J connectivity index is 2.14. The second-order valence-corrected chi connectivity index (χ2v) is 9.54. The van der Waals surface area contributed by atoms with E-state index in [1.807, 2.05) is 11.8 Å². The van der Waals surface area contributed by atoms with Gasteiger partial charge in [-0.2, -0.15) is 11.8 Å². The van der Waals surface area contributed by atoms with Crippen molar-refractivity contribution in [3.05, 3.63) is 27.7 Å². The Kier molecular flexibility index (Phi) is 4.88. The normalized spacial score (nSPS) is 23.7. The smallest absolute Gasteiger partial charge is 0.210 e. The predicted molar refractivity (Wildman–Crippen MR) is 84.4 cm³/mol. The third-order valence-electron chi connectivity index (χ3n) is 3.12. The molecule has 1 aromatic carbocycles. The first-order valence-corrected chi connectivity index (χ1v) is 9.55. The van der Waals surface area contributed by atoms with Crippen LogP contribution in [0.1, 0.15) is 19.8 Å². The molecular formula is C12H15BrClNO2S2. The van der Waals surface area contributed by atoms with Gasteiger partial charge in [-0.25, -0.2) is 13.1 Å². The minimum atomic E-state index is -3.55. The molecule has 1 atom stereocenters. The Bertz CT molecular complexity index is 571. The molecule has 7 heteroatoms. The van der Waals surface area contributed by atoms with E-state index in [9.17, 15) is 8.42 Å². The Hall–Kier alpha value is 0.250. The molecule has 0 aliphatic carbocycles. The number of rotatable bonds is 4. The number of nitrogens with one attached hydrogen (secondary N) is 1. The zero-order valence-electron chi connectivity index (χ0n) is 10.4. The van der Waals surface area contributed by atoms with Crippen molar-refractivity contribution in [2.24, 2.45) is 0 Å². The molecule has 0 amide bonds. The lowest BCUT2D eigenvalue weighted by Crippen LogP contribution is -2.36. The summed E-state index contributed by atoms with van der Waals surface area (Å²) in [7, 11) is -3.55. The van der Waals surface area contributed by atoms with Crippen LogP contribution < -0.4 is 4.72 Å². The first kappa shape index (κ1) is 15.6. The number of hydrogen-bond acceptors (Lipinski definition) is 3. The zero-order chi connectivity index (χ0) is 14.1. The van der Waals surface area contributed by atoms with Crippen LogP contribution in [0.2, 0.25) is 5.02 Å². The summed E-state index contributed by atoms with van der Waals surface area (Å²) >= 11 is 11.1. The Morgan fingerprint density at radius 3 is 2.84 bits per heavy atom. The lowest BCUT2D eigenvalue weighted by Gasteiger charge is -2.23. The van der Waals surface area contributed by atoms with E-state index in [2.05, 4.69) is 27.6 Å². The van der Waals surface area contributed by atoms with Crippen LogP contribution in [-0.4, -0.2) is 25.5 Å². The van der Waals surface area contributed by atoms with Crippen LogP contribution in [0, 0.1) is 0 Å². The molecule has 0 spiro atoms. The summed E-state index contributed by atoms with van der Waals surface area (Å²) in [6.45, 7) is 2.53. The summed E-state index contributed by atoms with van der Waals surface area (Å²) in [4.78, 5) is 0.129. The van der Waals surface area contributed by atoms with Gasteiger partial charge in [0.05, 0.1) is 5.02 Å². The first-order chi connectivity index (χ1) is 8.82. The molecule has 1 aliphatic heterocycles. The maximum Gasteiger partial charge on any atom is 0.242 e. The molecule has 0 aromatic heterocycles. The van der Waals surface area contributed by atoms with E-state index in [-0.39, 0.29) is 14.7 Å². The van der Waals surface area contributed by atoms with Crippen LogP contribution in [0.5, 0.6) is 0 Å². The fourth-order valence-corrected chi connectivity index (χ4v) is 5.54. The number of sulfonamides is 1. The molecule has 2 rings (SSSR count). The average Bonchev–Trinajstić information content (AvgIpc) is 2.74. The molecule has 1 fully saturated rings. The van der Waals surface area contributed by atoms with Gasteiger partial charge in [0, 0.05) is 15.8 Å². The Labute approximate surface area is 131 Å². The quantitative estimate of drug-likeness (QED) is 0.861. The van der Waals surface area contributed by atoms with Crippen LogP contribution in [0.4, 0.5) is 0 Å². The number of hydrogen-bond donors (Lipinski definition) is 1. The van der Waals surface area contributed by atoms with E-state index in [0.717, 1.165) is 23.1 Å². The topological polar surface area (TPSA) is 46.2 Å². The van der Waals surface area contributed by atoms with Gasteiger partial charge in [-0.05, 0) is 43.7 Å². The van der Waals surface area contributed by atoms with Crippen molar-refractivity contribution in [1.29, 1.82) is 0 Å². The second kappa shape index (κ2) is 5.93. The molecule has 0 radical (unpaired) electrons. The third-order valence-corrected chi connectivity index (χ3v) is 7.04. The van der Waals surface area contributed by atoms with Crippen molar-refractivity contribution in [3.63, 3.8) is 0 Å². The van der Waals surface area contributed by atoms with Gasteiger partial charge < -0.3 is 0 Å². The molecule has 106 valence electrons. The SMILES string of the molecule is CC1(CNS(=O)(=O)c2ccc(Br)cc2Cl)CCCS1. The summed E-state index contributed by atoms with van der Waals surface area (Å²) < 4.78 is 27.9. The maximum absolute atomic E-state index is 12.2. The van der Waals surface area contributed by atoms with Crippen LogP contribution >= 0.6 is 39.3 Å². The molecule has 19 heavy (non-hydrogen) atoms. The van der Waals surface area contributed by atoms with Crippen molar-refractivity contribution in [1.82, 2.24) is 4.72 Å². The molecule has 1 saturated heterocycles. The molecular weight excluding hydrogens is 370 g/mol. The molecule has 1 aliphatic rings. The van der Waals surface area contributed by atoms with Crippen LogP contribution in [0.25, 0.3) is 0 Å². The minimum absolute atomic E-state index is 0.00505. The van der Waals surface area contributed by atoms with Crippen LogP contribution in [0.3, 0.4) is 0 Å². The van der Waals surface area contributed by atoms with Gasteiger partial charge in [0.25, 0.3) is 0 Å². The summed E-state index contributed by atoms with van der Waals surface area (Å²) in [5.74, 6) is 1.09. The number of thioether (sulfide) groups is 1. The summed E-state index contributed by atoms with van der Waals surface area (Å²) in [6, 6.07) is 4.77. The Morgan fingerprint density at radius 2 is 2.26 bits per heavy atom. The molecule has 1 N–H and O–H groups in total. The van der Waals surface area contributed by atoms with E-state index in [1.165, 1.54) is 6.07 Å². The molecule has 0 saturated carbocycles. The predicted octanol–water partition coefficient (Wildman–Crippen LogP) is 3.67. The van der Waals surface area contributed by atoms with Crippen molar-refractivity contribution < 1.29 is 8.42 Å². The largest absolute Gasteiger partial charge is 0.242 e. The average molecular weight is 385 g/mol. The lowest BCUT2D eigenvalue weighted by atomic mass is 10.1. The highest BCUT2D eigenvalue weighted by Crippen LogP contribution is 2.37. The van der Waals surface area contributed by atoms with Crippen molar-refractivity contribution in [3.8, 4) is 0 Å². The van der Waals surface area contributed by atoms with Gasteiger partial charge in [-0.1, -0.05) is 27.5 Å². The molecule has 0 bridgehead atoms. The van der Waals surface area contributed by atoms with Crippen molar-refractivity contribution in [2.75, 3.05) is 12.3 Å². The molecule has 3 nitrogen and oxygen atoms in total. The monoisotopic (exact) mass is 383 g/mol. The van der Waals surface area contributed by atoms with E-state index in [4.69, 9.17) is 11.6 Å². The Morgan fingerprint density at radius 1 is 1.53 bits per heavy atom. The highest BCUT2D eigenvalue weighted by molar-refractivity contribution is 9.10. The standard InChI is InChI=1S/C12H15BrClNO2S2/c1-12(5-2-6-18-12)8-15-19(16,17)11-4-3-9(13)7-10(11)14/h3-4,7,15H,2,5-6,8H2,1H3. The van der Waals surface area contributed by atoms with Gasteiger partial charge in [-0.3, -0.25) is 0 Å². The van der Waals surface area contributed by atoms with Crippen LogP contribution in [0.15, 0.2) is 27.6 Å². The second-order valence-electron chi connectivity index (χ2n) is 4.80. The highest BCUT2D eigenvalue weighted by atomic mass is 79.9. The summed E-state index contributed by atoms with van der Waals surface area (Å²) in [6.07, 6.45) is 2.18. The van der Waals surface area contributed by atoms with Gasteiger partial charge in [0.2, 0.25) is 10.0 Å². The van der Waals surface area contributed by atoms with Crippen LogP contribution in [-0.2, 0) is 10.0 Å². The molecule has 1 unspecified atom stereocenters. The summed E-state index contributed by atoms with van der Waals surface area (Å²) in [5.41, 5.74) is 0. The maximum atomic E-state index is 12.2. The van der Waals surface area contributed by atoms with E-state index >= 15 is 0 Å². The number of benzene rings is 1. The van der Waals surface area contributed by atoms with E-state index in [0.29, 0.717) is 6.54 Å². The fraction of sp³-hybridized carbons (Fsp3) is 0.500. The van der Waals surface area contributed by atoms with Crippen molar-refractivity contribution in [2.45, 2.75) is 29.4 Å². The first-order valence-electron chi connectivity index (χ1n) is 5.91. The summed E-state index contributed by atoms with van der Waals surface area (Å²) in [5, 5.41) is 0.228. The van der Waals surface area contributed by atoms with Crippen molar-refractivity contribution >= 4 is 49.3 Å². The fourth-order valence-electron chi connectivity index (χ4n) is 1.99. The zero-order valence-corrected chi connectivity index (χ0v) is 14.4. The van der Waals surface area contributed by atoms with Gasteiger partial charge in [0.1, 0.15) is 4.90 Å². The third kappa shape index (κ3) is 3.88. The van der Waals surface area contributed by atoms with Gasteiger partial charge in [0.15, 0.2) is 0 Å².